The molecule has 2 aliphatic rings. The van der Waals surface area contributed by atoms with Crippen LogP contribution in [-0.4, -0.2) is 28.0 Å². The van der Waals surface area contributed by atoms with Gasteiger partial charge < -0.3 is 4.90 Å². The third-order valence-electron chi connectivity index (χ3n) is 5.17. The molecule has 1 spiro atoms. The minimum atomic E-state index is -3.98. The fraction of sp³-hybridized carbons (Fsp3) is 0.455. The molecule has 0 saturated carbocycles. The summed E-state index contributed by atoms with van der Waals surface area (Å²) in [5.74, 6) is 3.10. The van der Waals surface area contributed by atoms with Crippen LogP contribution in [0.15, 0.2) is 48.5 Å². The van der Waals surface area contributed by atoms with Crippen LogP contribution < -0.4 is 22.6 Å². The third kappa shape index (κ3) is 3.98. The number of fused-ring (bicyclic) bond motifs is 2. The first-order chi connectivity index (χ1) is 13.4. The molecule has 1 N–H and O–H groups in total. The largest absolute Gasteiger partial charge is 0.336 e. The summed E-state index contributed by atoms with van der Waals surface area (Å²) >= 11 is 0. The standard InChI is InChI=1S/C16H17O4Si.C6H15N/c1-12(2)11-21(17-13-7-3-4-8-14(13)18-21)19-15-9-5-6-10-16(15)20-21;1-4-7(5-2)6-3/h3-10,12H,11H2,1-2H3;4-6H2,1-3H3/q-1;/p+1. The van der Waals surface area contributed by atoms with Gasteiger partial charge in [0.1, 0.15) is 0 Å². The van der Waals surface area contributed by atoms with E-state index in [-0.39, 0.29) is 0 Å². The number of para-hydroxylation sites is 4. The van der Waals surface area contributed by atoms with Crippen molar-refractivity contribution in [3.05, 3.63) is 48.5 Å². The molecule has 4 rings (SSSR count). The van der Waals surface area contributed by atoms with Crippen LogP contribution in [0.4, 0.5) is 0 Å². The topological polar surface area (TPSA) is 41.4 Å². The number of quaternary nitrogens is 1. The molecule has 154 valence electrons. The van der Waals surface area contributed by atoms with Crippen molar-refractivity contribution in [1.29, 1.82) is 0 Å². The molecule has 6 heteroatoms. The molecule has 2 aromatic rings. The predicted octanol–water partition coefficient (Wildman–Crippen LogP) is 3.91. The van der Waals surface area contributed by atoms with Gasteiger partial charge in [-0.1, -0.05) is 0 Å². The average molecular weight is 404 g/mol. The monoisotopic (exact) mass is 403 g/mol. The summed E-state index contributed by atoms with van der Waals surface area (Å²) in [6.07, 6.45) is 0. The van der Waals surface area contributed by atoms with Crippen molar-refractivity contribution in [3.63, 3.8) is 0 Å². The Kier molecular flexibility index (Phi) is 5.91. The van der Waals surface area contributed by atoms with Crippen molar-refractivity contribution in [2.45, 2.75) is 40.7 Å². The molecule has 0 bridgehead atoms. The Labute approximate surface area is 169 Å². The fourth-order valence-electron chi connectivity index (χ4n) is 3.80. The van der Waals surface area contributed by atoms with Crippen molar-refractivity contribution in [2.75, 3.05) is 19.6 Å². The third-order valence-corrected chi connectivity index (χ3v) is 9.11. The normalized spacial score (nSPS) is 18.5. The van der Waals surface area contributed by atoms with E-state index in [1.165, 1.54) is 19.6 Å². The number of hydrogen-bond acceptors (Lipinski definition) is 4. The zero-order valence-corrected chi connectivity index (χ0v) is 18.7. The van der Waals surface area contributed by atoms with Crippen molar-refractivity contribution >= 4 is 8.33 Å². The van der Waals surface area contributed by atoms with Crippen LogP contribution in [0, 0.1) is 5.92 Å². The van der Waals surface area contributed by atoms with E-state index in [1.807, 2.05) is 48.5 Å². The smallest absolute Gasteiger partial charge is 0.0742 e. The molecule has 2 heterocycles. The average Bonchev–Trinajstić information content (AvgIpc) is 3.16. The van der Waals surface area contributed by atoms with E-state index in [9.17, 15) is 0 Å². The predicted molar refractivity (Wildman–Crippen MR) is 113 cm³/mol. The minimum absolute atomic E-state index is 0.321. The molecular formula is C22H33NO4Si. The number of benzene rings is 2. The Balaban J connectivity index is 0.000000279. The van der Waals surface area contributed by atoms with Gasteiger partial charge in [-0.25, -0.2) is 0 Å². The van der Waals surface area contributed by atoms with E-state index < -0.39 is 8.33 Å². The SMILES string of the molecule is CC(C)C[Si-]12(Oc3ccccc3O1)Oc1ccccc1O2.CC[NH+](CC)CC. The van der Waals surface area contributed by atoms with Crippen LogP contribution >= 0.6 is 0 Å². The Hall–Kier alpha value is -2.18. The van der Waals surface area contributed by atoms with Gasteiger partial charge in [0.15, 0.2) is 0 Å². The number of nitrogens with one attached hydrogen (secondary N) is 1. The van der Waals surface area contributed by atoms with Gasteiger partial charge in [0.2, 0.25) is 0 Å². The van der Waals surface area contributed by atoms with Gasteiger partial charge in [-0.15, -0.1) is 0 Å². The van der Waals surface area contributed by atoms with Gasteiger partial charge in [-0.05, 0) is 20.8 Å². The molecule has 0 saturated heterocycles. The zero-order chi connectivity index (χ0) is 20.2. The van der Waals surface area contributed by atoms with Gasteiger partial charge in [-0.3, -0.25) is 0 Å². The van der Waals surface area contributed by atoms with E-state index in [0.717, 1.165) is 0 Å². The Morgan fingerprint density at radius 3 is 1.21 bits per heavy atom. The molecule has 5 nitrogen and oxygen atoms in total. The second-order valence-electron chi connectivity index (χ2n) is 7.79. The molecule has 0 radical (unpaired) electrons. The Morgan fingerprint density at radius 1 is 0.679 bits per heavy atom. The number of rotatable bonds is 5. The maximum Gasteiger partial charge on any atom is 0.0742 e. The summed E-state index contributed by atoms with van der Waals surface area (Å²) < 4.78 is 24.9. The Morgan fingerprint density at radius 2 is 1.00 bits per heavy atom. The van der Waals surface area contributed by atoms with Crippen molar-refractivity contribution < 1.29 is 22.6 Å². The molecule has 0 aliphatic carbocycles. The van der Waals surface area contributed by atoms with E-state index in [4.69, 9.17) is 17.7 Å². The van der Waals surface area contributed by atoms with E-state index in [1.54, 1.807) is 4.90 Å². The number of hydrogen-bond donors (Lipinski definition) is 1. The molecule has 0 unspecified atom stereocenters. The molecule has 2 aliphatic heterocycles. The maximum absolute atomic E-state index is 6.22. The second kappa shape index (κ2) is 8.05. The van der Waals surface area contributed by atoms with Crippen LogP contribution in [0.25, 0.3) is 0 Å². The minimum Gasteiger partial charge on any atom is -0.336 e. The summed E-state index contributed by atoms with van der Waals surface area (Å²) in [5, 5.41) is 0. The summed E-state index contributed by atoms with van der Waals surface area (Å²) in [4.78, 5) is 1.68. The molecular weight excluding hydrogens is 370 g/mol. The molecule has 28 heavy (non-hydrogen) atoms. The van der Waals surface area contributed by atoms with Gasteiger partial charge in [0.05, 0.1) is 19.6 Å². The zero-order valence-electron chi connectivity index (χ0n) is 17.7. The summed E-state index contributed by atoms with van der Waals surface area (Å²) in [7, 11) is -3.98. The maximum atomic E-state index is 6.22. The van der Waals surface area contributed by atoms with Gasteiger partial charge in [-0.2, -0.15) is 0 Å². The summed E-state index contributed by atoms with van der Waals surface area (Å²) in [6.45, 7) is 14.7. The summed E-state index contributed by atoms with van der Waals surface area (Å²) in [5.41, 5.74) is 0. The van der Waals surface area contributed by atoms with E-state index in [2.05, 4.69) is 34.6 Å². The van der Waals surface area contributed by atoms with Crippen LogP contribution in [-0.2, 0) is 0 Å². The first kappa shape index (κ1) is 20.5. The van der Waals surface area contributed by atoms with Gasteiger partial charge in [0.25, 0.3) is 0 Å². The van der Waals surface area contributed by atoms with E-state index in [0.29, 0.717) is 35.0 Å². The molecule has 0 amide bonds. The van der Waals surface area contributed by atoms with Crippen molar-refractivity contribution in [1.82, 2.24) is 0 Å². The van der Waals surface area contributed by atoms with Crippen molar-refractivity contribution in [2.24, 2.45) is 5.92 Å². The van der Waals surface area contributed by atoms with E-state index >= 15 is 0 Å². The van der Waals surface area contributed by atoms with Gasteiger partial charge in [0, 0.05) is 0 Å². The first-order valence-electron chi connectivity index (χ1n) is 10.4. The second-order valence-corrected chi connectivity index (χ2v) is 11.2. The molecule has 0 fully saturated rings. The molecule has 0 atom stereocenters. The van der Waals surface area contributed by atoms with Crippen molar-refractivity contribution in [3.8, 4) is 23.0 Å². The molecule has 2 aromatic carbocycles. The fourth-order valence-corrected chi connectivity index (χ4v) is 8.09. The quantitative estimate of drug-likeness (QED) is 0.769. The van der Waals surface area contributed by atoms with Gasteiger partial charge >= 0.3 is 123 Å². The van der Waals surface area contributed by atoms with Crippen LogP contribution in [0.2, 0.25) is 6.04 Å². The van der Waals surface area contributed by atoms with Crippen LogP contribution in [0.5, 0.6) is 23.0 Å². The van der Waals surface area contributed by atoms with Crippen LogP contribution in [0.3, 0.4) is 0 Å². The Bertz CT molecular complexity index is 688. The summed E-state index contributed by atoms with van der Waals surface area (Å²) in [6, 6.07) is 15.8. The first-order valence-corrected chi connectivity index (χ1v) is 12.7. The van der Waals surface area contributed by atoms with Crippen LogP contribution in [0.1, 0.15) is 34.6 Å². The molecule has 0 aromatic heterocycles.